The Morgan fingerprint density at radius 1 is 1.21 bits per heavy atom. The predicted molar refractivity (Wildman–Crippen MR) is 118 cm³/mol. The van der Waals surface area contributed by atoms with Crippen molar-refractivity contribution in [3.8, 4) is 11.5 Å². The number of amides is 1. The van der Waals surface area contributed by atoms with Crippen LogP contribution in [0.15, 0.2) is 46.9 Å². The number of halogens is 1. The maximum Gasteiger partial charge on any atom is 0.255 e. The second-order valence-corrected chi connectivity index (χ2v) is 8.46. The predicted octanol–water partition coefficient (Wildman–Crippen LogP) is 5.68. The van der Waals surface area contributed by atoms with Gasteiger partial charge in [0.2, 0.25) is 0 Å². The number of hydrogen-bond acceptors (Lipinski definition) is 4. The molecule has 1 aliphatic heterocycles. The van der Waals surface area contributed by atoms with Crippen molar-refractivity contribution in [3.63, 3.8) is 0 Å². The number of ether oxygens (including phenoxy) is 3. The minimum atomic E-state index is -0.176. The molecule has 5 nitrogen and oxygen atoms in total. The zero-order valence-electron chi connectivity index (χ0n) is 16.9. The van der Waals surface area contributed by atoms with Gasteiger partial charge < -0.3 is 19.5 Å². The summed E-state index contributed by atoms with van der Waals surface area (Å²) in [6.45, 7) is 6.36. The summed E-state index contributed by atoms with van der Waals surface area (Å²) in [5, 5.41) is 2.91. The van der Waals surface area contributed by atoms with E-state index in [1.54, 1.807) is 18.2 Å². The number of carbonyl (C=O) groups is 1. The molecule has 1 heterocycles. The highest BCUT2D eigenvalue weighted by Gasteiger charge is 2.17. The first-order valence-corrected chi connectivity index (χ1v) is 10.9. The van der Waals surface area contributed by atoms with Crippen LogP contribution in [0.25, 0.3) is 0 Å². The van der Waals surface area contributed by atoms with E-state index < -0.39 is 0 Å². The molecule has 2 aromatic carbocycles. The van der Waals surface area contributed by atoms with Gasteiger partial charge in [-0.25, -0.2) is 0 Å². The van der Waals surface area contributed by atoms with Gasteiger partial charge in [-0.3, -0.25) is 4.79 Å². The van der Waals surface area contributed by atoms with Gasteiger partial charge in [0.15, 0.2) is 0 Å². The third-order valence-electron chi connectivity index (χ3n) is 4.72. The quantitative estimate of drug-likeness (QED) is 0.521. The normalized spacial score (nSPS) is 16.1. The summed E-state index contributed by atoms with van der Waals surface area (Å²) in [7, 11) is 0. The first-order valence-electron chi connectivity index (χ1n) is 10.1. The van der Waals surface area contributed by atoms with Crippen molar-refractivity contribution in [1.82, 2.24) is 0 Å². The summed E-state index contributed by atoms with van der Waals surface area (Å²) in [4.78, 5) is 12.6. The molecule has 0 aliphatic carbocycles. The van der Waals surface area contributed by atoms with Crippen molar-refractivity contribution >= 4 is 27.5 Å². The molecule has 1 unspecified atom stereocenters. The molecule has 3 rings (SSSR count). The van der Waals surface area contributed by atoms with E-state index in [0.29, 0.717) is 30.4 Å². The van der Waals surface area contributed by atoms with Crippen LogP contribution in [-0.2, 0) is 4.74 Å². The van der Waals surface area contributed by atoms with Crippen molar-refractivity contribution in [2.75, 3.05) is 25.1 Å². The lowest BCUT2D eigenvalue weighted by Gasteiger charge is -2.13. The van der Waals surface area contributed by atoms with Crippen LogP contribution in [0.4, 0.5) is 5.69 Å². The minimum absolute atomic E-state index is 0.155. The van der Waals surface area contributed by atoms with Crippen LogP contribution in [0.3, 0.4) is 0 Å². The summed E-state index contributed by atoms with van der Waals surface area (Å²) < 4.78 is 17.8. The Balaban J connectivity index is 1.52. The molecule has 6 heteroatoms. The fourth-order valence-electron chi connectivity index (χ4n) is 2.97. The number of carbonyl (C=O) groups excluding carboxylic acids is 1. The molecule has 1 aliphatic rings. The fourth-order valence-corrected chi connectivity index (χ4v) is 3.46. The molecule has 2 aromatic rings. The highest BCUT2D eigenvalue weighted by molar-refractivity contribution is 9.10. The topological polar surface area (TPSA) is 56.8 Å². The van der Waals surface area contributed by atoms with Crippen molar-refractivity contribution in [1.29, 1.82) is 0 Å². The van der Waals surface area contributed by atoms with Gasteiger partial charge in [0, 0.05) is 17.9 Å². The highest BCUT2D eigenvalue weighted by Crippen LogP contribution is 2.27. The zero-order valence-corrected chi connectivity index (χ0v) is 18.5. The summed E-state index contributed by atoms with van der Waals surface area (Å²) in [6.07, 6.45) is 3.28. The van der Waals surface area contributed by atoms with Crippen molar-refractivity contribution in [2.45, 2.75) is 39.2 Å². The molecule has 29 heavy (non-hydrogen) atoms. The van der Waals surface area contributed by atoms with Crippen LogP contribution < -0.4 is 14.8 Å². The molecule has 0 saturated carbocycles. The number of rotatable bonds is 9. The van der Waals surface area contributed by atoms with E-state index in [0.717, 1.165) is 41.8 Å². The van der Waals surface area contributed by atoms with Gasteiger partial charge in [0.25, 0.3) is 5.91 Å². The van der Waals surface area contributed by atoms with E-state index in [1.165, 1.54) is 0 Å². The molecule has 1 fully saturated rings. The molecule has 0 aromatic heterocycles. The molecule has 0 spiro atoms. The van der Waals surface area contributed by atoms with Gasteiger partial charge in [-0.15, -0.1) is 0 Å². The van der Waals surface area contributed by atoms with Gasteiger partial charge in [0.1, 0.15) is 18.1 Å². The van der Waals surface area contributed by atoms with Crippen molar-refractivity contribution in [2.24, 2.45) is 5.92 Å². The van der Waals surface area contributed by atoms with E-state index in [-0.39, 0.29) is 12.0 Å². The smallest absolute Gasteiger partial charge is 0.255 e. The molecule has 1 amide bonds. The second kappa shape index (κ2) is 10.6. The summed E-state index contributed by atoms with van der Waals surface area (Å²) in [6, 6.07) is 12.8. The Morgan fingerprint density at radius 3 is 2.66 bits per heavy atom. The summed E-state index contributed by atoms with van der Waals surface area (Å²) in [5.41, 5.74) is 1.28. The maximum atomic E-state index is 12.6. The Bertz CT molecular complexity index is 801. The van der Waals surface area contributed by atoms with Crippen LogP contribution >= 0.6 is 15.9 Å². The molecule has 1 saturated heterocycles. The number of benzene rings is 2. The lowest BCUT2D eigenvalue weighted by molar-refractivity contribution is 0.0677. The van der Waals surface area contributed by atoms with Crippen molar-refractivity contribution < 1.29 is 19.0 Å². The average Bonchev–Trinajstić information content (AvgIpc) is 3.21. The van der Waals surface area contributed by atoms with E-state index in [4.69, 9.17) is 14.2 Å². The van der Waals surface area contributed by atoms with Crippen molar-refractivity contribution in [3.05, 3.63) is 52.5 Å². The third kappa shape index (κ3) is 6.75. The standard InChI is InChI=1S/C23H28BrNO4/c1-16(2)11-13-28-19-8-6-18(7-9-19)25-23(26)17-5-10-22(21(24)14-17)29-15-20-4-3-12-27-20/h5-10,14,16,20H,3-4,11-13,15H2,1-2H3,(H,25,26). The second-order valence-electron chi connectivity index (χ2n) is 7.60. The molecular weight excluding hydrogens is 434 g/mol. The summed E-state index contributed by atoms with van der Waals surface area (Å²) in [5.74, 6) is 1.95. The first-order chi connectivity index (χ1) is 14.0. The van der Waals surface area contributed by atoms with Crippen LogP contribution in [0.2, 0.25) is 0 Å². The molecular formula is C23H28BrNO4. The lowest BCUT2D eigenvalue weighted by atomic mass is 10.1. The lowest BCUT2D eigenvalue weighted by Crippen LogP contribution is -2.16. The van der Waals surface area contributed by atoms with E-state index in [1.807, 2.05) is 24.3 Å². The zero-order chi connectivity index (χ0) is 20.6. The van der Waals surface area contributed by atoms with Crippen LogP contribution in [0.5, 0.6) is 11.5 Å². The number of anilines is 1. The van der Waals surface area contributed by atoms with Crippen LogP contribution in [0, 0.1) is 5.92 Å². The molecule has 1 atom stereocenters. The highest BCUT2D eigenvalue weighted by atomic mass is 79.9. The number of nitrogens with one attached hydrogen (secondary N) is 1. The third-order valence-corrected chi connectivity index (χ3v) is 5.34. The van der Waals surface area contributed by atoms with Crippen LogP contribution in [0.1, 0.15) is 43.5 Å². The minimum Gasteiger partial charge on any atom is -0.494 e. The van der Waals surface area contributed by atoms with Crippen LogP contribution in [-0.4, -0.2) is 31.8 Å². The number of hydrogen-bond donors (Lipinski definition) is 1. The largest absolute Gasteiger partial charge is 0.494 e. The molecule has 1 N–H and O–H groups in total. The van der Waals surface area contributed by atoms with Gasteiger partial charge in [-0.05, 0) is 83.6 Å². The van der Waals surface area contributed by atoms with Gasteiger partial charge in [0.05, 0.1) is 17.2 Å². The van der Waals surface area contributed by atoms with Gasteiger partial charge in [-0.1, -0.05) is 13.8 Å². The Hall–Kier alpha value is -2.05. The average molecular weight is 462 g/mol. The first kappa shape index (κ1) is 21.7. The fraction of sp³-hybridized carbons (Fsp3) is 0.435. The van der Waals surface area contributed by atoms with E-state index >= 15 is 0 Å². The Labute approximate surface area is 180 Å². The van der Waals surface area contributed by atoms with E-state index in [2.05, 4.69) is 35.1 Å². The SMILES string of the molecule is CC(C)CCOc1ccc(NC(=O)c2ccc(OCC3CCCO3)c(Br)c2)cc1. The Kier molecular flexibility index (Phi) is 7.95. The van der Waals surface area contributed by atoms with E-state index in [9.17, 15) is 4.79 Å². The molecule has 156 valence electrons. The van der Waals surface area contributed by atoms with Gasteiger partial charge in [-0.2, -0.15) is 0 Å². The molecule has 0 bridgehead atoms. The molecule has 0 radical (unpaired) electrons. The monoisotopic (exact) mass is 461 g/mol. The maximum absolute atomic E-state index is 12.6. The van der Waals surface area contributed by atoms with Gasteiger partial charge >= 0.3 is 0 Å². The summed E-state index contributed by atoms with van der Waals surface area (Å²) >= 11 is 3.49. The Morgan fingerprint density at radius 2 is 2.00 bits per heavy atom.